The first-order valence-electron chi connectivity index (χ1n) is 36.0. The van der Waals surface area contributed by atoms with Crippen LogP contribution < -0.4 is 37.9 Å². The van der Waals surface area contributed by atoms with Crippen LogP contribution in [0.15, 0.2) is 117 Å². The number of aliphatic imine (C=N–C) groups is 4. The number of benzene rings is 8. The highest BCUT2D eigenvalue weighted by molar-refractivity contribution is 6.30. The Hall–Kier alpha value is -9.31. The van der Waals surface area contributed by atoms with E-state index < -0.39 is 0 Å². The van der Waals surface area contributed by atoms with Gasteiger partial charge < -0.3 is 42.9 Å². The number of amidine groups is 4. The third-order valence-electron chi connectivity index (χ3n) is 18.4. The smallest absolute Gasteiger partial charge is 0.168 e. The molecule has 0 unspecified atom stereocenters. The molecule has 12 rings (SSSR count). The van der Waals surface area contributed by atoms with Crippen molar-refractivity contribution in [2.24, 2.45) is 20.0 Å². The van der Waals surface area contributed by atoms with Crippen molar-refractivity contribution in [1.82, 2.24) is 15.0 Å². The fraction of sp³-hybridized carbons (Fsp3) is 0.420. The van der Waals surface area contributed by atoms with Crippen LogP contribution in [0.4, 0.5) is 11.6 Å². The zero-order chi connectivity index (χ0) is 67.4. The molecule has 8 aromatic carbocycles. The lowest BCUT2D eigenvalue weighted by Crippen LogP contribution is -2.50. The minimum Gasteiger partial charge on any atom is -0.493 e. The Morgan fingerprint density at radius 1 is 0.392 bits per heavy atom. The molecule has 0 fully saturated rings. The van der Waals surface area contributed by atoms with E-state index in [0.29, 0.717) is 144 Å². The molecule has 0 saturated carbocycles. The first kappa shape index (κ1) is 67.7. The van der Waals surface area contributed by atoms with Gasteiger partial charge in [0.1, 0.15) is 57.6 Å². The Morgan fingerprint density at radius 3 is 1.12 bits per heavy atom. The van der Waals surface area contributed by atoms with Crippen molar-refractivity contribution in [1.29, 1.82) is 5.41 Å². The molecule has 0 aliphatic carbocycles. The topological polar surface area (TPSA) is 169 Å². The van der Waals surface area contributed by atoms with E-state index in [9.17, 15) is 5.41 Å². The van der Waals surface area contributed by atoms with Gasteiger partial charge >= 0.3 is 0 Å². The number of H-pyrrole nitrogens is 1. The Labute approximate surface area is 571 Å². The summed E-state index contributed by atoms with van der Waals surface area (Å²) in [4.78, 5) is 26.5. The molecule has 508 valence electrons. The van der Waals surface area contributed by atoms with Gasteiger partial charge in [-0.15, -0.1) is 0 Å². The summed E-state index contributed by atoms with van der Waals surface area (Å²) in [5, 5.41) is 23.0. The van der Waals surface area contributed by atoms with E-state index in [1.54, 1.807) is 0 Å². The molecule has 9 aromatic rings. The van der Waals surface area contributed by atoms with Gasteiger partial charge in [-0.1, -0.05) is 204 Å². The van der Waals surface area contributed by atoms with Gasteiger partial charge in [0.25, 0.3) is 0 Å². The maximum atomic E-state index is 10.4. The molecule has 0 spiro atoms. The van der Waals surface area contributed by atoms with Gasteiger partial charge in [0.05, 0.1) is 98.0 Å². The number of fused-ring (bicyclic) bond motifs is 8. The van der Waals surface area contributed by atoms with Crippen molar-refractivity contribution in [3.8, 4) is 46.0 Å². The number of hydrogen-bond donors (Lipinski definition) is 2. The molecule has 3 aliphatic heterocycles. The molecule has 0 atom stereocenters. The number of rotatable bonds is 34. The normalized spacial score (nSPS) is 14.2. The molecule has 16 nitrogen and oxygen atoms in total. The second-order valence-electron chi connectivity index (χ2n) is 25.4. The van der Waals surface area contributed by atoms with E-state index in [4.69, 9.17) is 57.9 Å². The number of hydrogen-bond acceptors (Lipinski definition) is 12. The van der Waals surface area contributed by atoms with E-state index in [0.717, 1.165) is 174 Å². The van der Waals surface area contributed by atoms with Crippen LogP contribution in [0.1, 0.15) is 192 Å². The lowest BCUT2D eigenvalue weighted by Gasteiger charge is -2.41. The predicted molar refractivity (Wildman–Crippen MR) is 398 cm³/mol. The number of nitrogens with one attached hydrogen (secondary N) is 2. The Bertz CT molecular complexity index is 4470. The standard InChI is InChI=1S/C81H96N8O8/c1-10-18-42-90-68-52-34-26-29-37-55(52)71(93-45-21-13-4)63-60(68)50-83-77(63)84-78-64-65(73(95-47-23-15-6)57-39-31-30-38-56(57)72(64)94-46-22-14-5)79(85-78)86-80-66-67(75(97-49-25-17-8)59-41-33-32-40-58(59)74(66)96-48-24-16-7)81(87-80)89-51-61-62(76(82)88(89)9)70(92-44-20-12-3)54-36-28-27-35-53(54)69(61)91-43-19-11-2/h26-41,50,82,85H,10-25,42-49,51H2,1-9H3. The maximum absolute atomic E-state index is 10.4. The largest absolute Gasteiger partial charge is 0.493 e. The molecule has 0 saturated heterocycles. The minimum atomic E-state index is 0.236. The molecule has 3 aliphatic rings. The SMILES string of the molecule is CCCCOc1c2c(c(OCCCC)c3ccccc13)C(=Nc1[nH]c(N=C3N=C(N4Cc5c(c(OCCCC)c6ccccc6c5OCCCC)C(=N)N4C)c4c3c(OCCCC)c3ccccc3c4OCCCC)c3c(OCCCC)c4ccccc4c(OCCCC)c13)N=C2. The molecule has 16 heteroatoms. The number of aromatic nitrogens is 1. The van der Waals surface area contributed by atoms with E-state index in [1.807, 2.05) is 60.7 Å². The molecule has 0 amide bonds. The van der Waals surface area contributed by atoms with Crippen molar-refractivity contribution in [2.45, 2.75) is 165 Å². The fourth-order valence-electron chi connectivity index (χ4n) is 13.1. The van der Waals surface area contributed by atoms with Gasteiger partial charge in [-0.05, 0) is 51.4 Å². The van der Waals surface area contributed by atoms with E-state index in [2.05, 4.69) is 120 Å². The third kappa shape index (κ3) is 13.4. The van der Waals surface area contributed by atoms with Gasteiger partial charge in [-0.25, -0.2) is 20.0 Å². The highest BCUT2D eigenvalue weighted by Crippen LogP contribution is 2.54. The number of aromatic amines is 1. The molecule has 0 bridgehead atoms. The summed E-state index contributed by atoms with van der Waals surface area (Å²) in [6, 6.07) is 33.2. The average molecular weight is 1310 g/mol. The summed E-state index contributed by atoms with van der Waals surface area (Å²) in [5.41, 5.74) is 4.48. The zero-order valence-electron chi connectivity index (χ0n) is 58.4. The third-order valence-corrected chi connectivity index (χ3v) is 18.4. The molecule has 1 aromatic heterocycles. The van der Waals surface area contributed by atoms with Crippen LogP contribution in [-0.2, 0) is 6.54 Å². The Kier molecular flexibility index (Phi) is 22.1. The van der Waals surface area contributed by atoms with Crippen LogP contribution in [0, 0.1) is 5.41 Å². The monoisotopic (exact) mass is 1310 g/mol. The van der Waals surface area contributed by atoms with E-state index in [1.165, 1.54) is 0 Å². The second-order valence-corrected chi connectivity index (χ2v) is 25.4. The summed E-state index contributed by atoms with van der Waals surface area (Å²) in [7, 11) is 1.94. The van der Waals surface area contributed by atoms with Crippen molar-refractivity contribution < 1.29 is 37.9 Å². The second kappa shape index (κ2) is 31.7. The van der Waals surface area contributed by atoms with Crippen LogP contribution in [0.3, 0.4) is 0 Å². The first-order valence-corrected chi connectivity index (χ1v) is 36.0. The minimum absolute atomic E-state index is 0.236. The van der Waals surface area contributed by atoms with E-state index in [-0.39, 0.29) is 12.4 Å². The van der Waals surface area contributed by atoms with Gasteiger partial charge in [0, 0.05) is 61.9 Å². The number of ether oxygens (including phenoxy) is 8. The summed E-state index contributed by atoms with van der Waals surface area (Å²) < 4.78 is 56.1. The molecule has 2 N–H and O–H groups in total. The fourth-order valence-corrected chi connectivity index (χ4v) is 13.1. The first-order chi connectivity index (χ1) is 47.7. The summed E-state index contributed by atoms with van der Waals surface area (Å²) in [6.45, 7) is 21.5. The highest BCUT2D eigenvalue weighted by atomic mass is 16.5. The number of nitrogens with zero attached hydrogens (tertiary/aromatic N) is 6. The molecule has 0 radical (unpaired) electrons. The zero-order valence-corrected chi connectivity index (χ0v) is 58.4. The Balaban J connectivity index is 1.18. The van der Waals surface area contributed by atoms with Crippen molar-refractivity contribution in [3.05, 3.63) is 130 Å². The van der Waals surface area contributed by atoms with Crippen LogP contribution in [-0.4, -0.2) is 104 Å². The maximum Gasteiger partial charge on any atom is 0.168 e. The van der Waals surface area contributed by atoms with Crippen LogP contribution >= 0.6 is 0 Å². The average Bonchev–Trinajstić information content (AvgIpc) is 1.62. The highest BCUT2D eigenvalue weighted by Gasteiger charge is 2.42. The summed E-state index contributed by atoms with van der Waals surface area (Å²) in [5.74, 6) is 7.96. The molecular formula is C81H96N8O8. The summed E-state index contributed by atoms with van der Waals surface area (Å²) >= 11 is 0. The predicted octanol–water partition coefficient (Wildman–Crippen LogP) is 20.2. The number of unbranched alkanes of at least 4 members (excludes halogenated alkanes) is 8. The summed E-state index contributed by atoms with van der Waals surface area (Å²) in [6.07, 6.45) is 16.2. The quantitative estimate of drug-likeness (QED) is 0.0370. The molecule has 97 heavy (non-hydrogen) atoms. The van der Waals surface area contributed by atoms with Gasteiger partial charge in [0.15, 0.2) is 23.3 Å². The van der Waals surface area contributed by atoms with Gasteiger partial charge in [-0.2, -0.15) is 0 Å². The lowest BCUT2D eigenvalue weighted by molar-refractivity contribution is 0.145. The lowest BCUT2D eigenvalue weighted by atomic mass is 9.94. The van der Waals surface area contributed by atoms with Crippen molar-refractivity contribution in [2.75, 3.05) is 59.9 Å². The number of hydrazine groups is 1. The van der Waals surface area contributed by atoms with E-state index >= 15 is 0 Å². The van der Waals surface area contributed by atoms with Crippen LogP contribution in [0.5, 0.6) is 46.0 Å². The van der Waals surface area contributed by atoms with Crippen LogP contribution in [0.2, 0.25) is 0 Å². The molecular weight excluding hydrogens is 1210 g/mol. The molecule has 4 heterocycles. The van der Waals surface area contributed by atoms with Crippen LogP contribution in [0.25, 0.3) is 53.9 Å². The van der Waals surface area contributed by atoms with Gasteiger partial charge in [-0.3, -0.25) is 15.4 Å². The van der Waals surface area contributed by atoms with Crippen molar-refractivity contribution in [3.63, 3.8) is 0 Å². The van der Waals surface area contributed by atoms with Gasteiger partial charge in [0.2, 0.25) is 0 Å². The Morgan fingerprint density at radius 2 is 0.711 bits per heavy atom. The van der Waals surface area contributed by atoms with Crippen molar-refractivity contribution >= 4 is 95.1 Å².